The van der Waals surface area contributed by atoms with Gasteiger partial charge >= 0.3 is 6.18 Å². The average Bonchev–Trinajstić information content (AvgIpc) is 3.07. The predicted octanol–water partition coefficient (Wildman–Crippen LogP) is 2.61. The third kappa shape index (κ3) is 3.99. The van der Waals surface area contributed by atoms with Crippen LogP contribution >= 0.6 is 0 Å². The molecular weight excluding hydrogens is 259 g/mol. The first-order chi connectivity index (χ1) is 8.65. The summed E-state index contributed by atoms with van der Waals surface area (Å²) < 4.78 is 37.9. The molecule has 19 heavy (non-hydrogen) atoms. The molecule has 1 rings (SSSR count). The summed E-state index contributed by atoms with van der Waals surface area (Å²) in [5.41, 5.74) is 3.47. The first-order valence-corrected chi connectivity index (χ1v) is 6.44. The van der Waals surface area contributed by atoms with Crippen LogP contribution in [0.1, 0.15) is 46.0 Å². The van der Waals surface area contributed by atoms with Crippen molar-refractivity contribution in [2.75, 3.05) is 6.54 Å². The number of nitrogens with one attached hydrogen (secondary N) is 1. The number of halogens is 3. The first-order valence-electron chi connectivity index (χ1n) is 6.44. The highest BCUT2D eigenvalue weighted by Gasteiger charge is 2.62. The number of hydrogen-bond donors (Lipinski definition) is 3. The van der Waals surface area contributed by atoms with E-state index < -0.39 is 17.1 Å². The van der Waals surface area contributed by atoms with Gasteiger partial charge in [0.15, 0.2) is 0 Å². The molecule has 0 bridgehead atoms. The Kier molecular flexibility index (Phi) is 4.71. The van der Waals surface area contributed by atoms with E-state index in [1.807, 2.05) is 13.8 Å². The van der Waals surface area contributed by atoms with Crippen molar-refractivity contribution in [3.63, 3.8) is 0 Å². The highest BCUT2D eigenvalue weighted by molar-refractivity contribution is 5.85. The smallest absolute Gasteiger partial charge is 0.406 e. The van der Waals surface area contributed by atoms with Crippen LogP contribution in [-0.4, -0.2) is 29.3 Å². The third-order valence-corrected chi connectivity index (χ3v) is 3.79. The van der Waals surface area contributed by atoms with Gasteiger partial charge in [0.1, 0.15) is 11.4 Å². The molecular formula is C12H22F3N3O. The standard InChI is InChI=1S/C12H22F3N3O/c1-10(2,9(16)18-19)5-3-4-8-17-11(6-7-11)12(13,14)15/h17,19H,3-8H2,1-2H3,(H2,16,18). The molecule has 0 radical (unpaired) electrons. The van der Waals surface area contributed by atoms with Crippen molar-refractivity contribution in [2.45, 2.75) is 57.7 Å². The van der Waals surface area contributed by atoms with Crippen molar-refractivity contribution in [1.29, 1.82) is 0 Å². The molecule has 0 aromatic rings. The monoisotopic (exact) mass is 281 g/mol. The maximum atomic E-state index is 12.6. The molecule has 1 fully saturated rings. The molecule has 0 aromatic heterocycles. The van der Waals surface area contributed by atoms with Crippen LogP contribution in [-0.2, 0) is 0 Å². The fraction of sp³-hybridized carbons (Fsp3) is 0.917. The molecule has 0 aromatic carbocycles. The van der Waals surface area contributed by atoms with Crippen LogP contribution in [0, 0.1) is 5.41 Å². The Labute approximate surface area is 111 Å². The van der Waals surface area contributed by atoms with Gasteiger partial charge in [0.2, 0.25) is 0 Å². The number of nitrogens with zero attached hydrogens (tertiary/aromatic N) is 1. The Morgan fingerprint density at radius 3 is 2.32 bits per heavy atom. The summed E-state index contributed by atoms with van der Waals surface area (Å²) in [5.74, 6) is 0.148. The van der Waals surface area contributed by atoms with E-state index in [0.717, 1.165) is 6.42 Å². The second-order valence-corrected chi connectivity index (χ2v) is 5.83. The summed E-state index contributed by atoms with van der Waals surface area (Å²) >= 11 is 0. The van der Waals surface area contributed by atoms with Crippen LogP contribution in [0.25, 0.3) is 0 Å². The van der Waals surface area contributed by atoms with E-state index in [1.165, 1.54) is 0 Å². The van der Waals surface area contributed by atoms with Crippen molar-refractivity contribution >= 4 is 5.84 Å². The quantitative estimate of drug-likeness (QED) is 0.221. The average molecular weight is 281 g/mol. The van der Waals surface area contributed by atoms with Gasteiger partial charge in [0, 0.05) is 5.41 Å². The molecule has 0 spiro atoms. The van der Waals surface area contributed by atoms with Gasteiger partial charge in [-0.05, 0) is 32.2 Å². The van der Waals surface area contributed by atoms with Crippen molar-refractivity contribution < 1.29 is 18.4 Å². The molecule has 0 amide bonds. The van der Waals surface area contributed by atoms with E-state index in [4.69, 9.17) is 10.9 Å². The van der Waals surface area contributed by atoms with Crippen LogP contribution in [0.3, 0.4) is 0 Å². The topological polar surface area (TPSA) is 70.6 Å². The lowest BCUT2D eigenvalue weighted by Gasteiger charge is -2.23. The zero-order chi connectivity index (χ0) is 14.7. The number of amidine groups is 1. The van der Waals surface area contributed by atoms with Gasteiger partial charge in [-0.25, -0.2) is 0 Å². The second kappa shape index (κ2) is 5.56. The molecule has 7 heteroatoms. The fourth-order valence-corrected chi connectivity index (χ4v) is 1.97. The molecule has 112 valence electrons. The lowest BCUT2D eigenvalue weighted by atomic mass is 9.86. The van der Waals surface area contributed by atoms with Gasteiger partial charge in [0.25, 0.3) is 0 Å². The Hall–Kier alpha value is -0.980. The van der Waals surface area contributed by atoms with Crippen molar-refractivity contribution in [3.8, 4) is 0 Å². The Morgan fingerprint density at radius 1 is 1.32 bits per heavy atom. The summed E-state index contributed by atoms with van der Waals surface area (Å²) in [5, 5.41) is 14.2. The molecule has 0 atom stereocenters. The Morgan fingerprint density at radius 2 is 1.89 bits per heavy atom. The third-order valence-electron chi connectivity index (χ3n) is 3.79. The Balaban J connectivity index is 2.23. The van der Waals surface area contributed by atoms with Crippen LogP contribution in [0.4, 0.5) is 13.2 Å². The number of nitrogens with two attached hydrogens (primary N) is 1. The van der Waals surface area contributed by atoms with E-state index in [9.17, 15) is 13.2 Å². The van der Waals surface area contributed by atoms with Gasteiger partial charge in [-0.3, -0.25) is 0 Å². The largest absolute Gasteiger partial charge is 0.409 e. The normalized spacial score (nSPS) is 19.5. The Bertz CT molecular complexity index is 336. The minimum Gasteiger partial charge on any atom is -0.409 e. The highest BCUT2D eigenvalue weighted by atomic mass is 19.4. The summed E-state index contributed by atoms with van der Waals surface area (Å²) in [7, 11) is 0. The maximum Gasteiger partial charge on any atom is 0.406 e. The molecule has 1 saturated carbocycles. The van der Waals surface area contributed by atoms with E-state index in [2.05, 4.69) is 10.5 Å². The lowest BCUT2D eigenvalue weighted by Crippen LogP contribution is -2.45. The van der Waals surface area contributed by atoms with Crippen LogP contribution in [0.5, 0.6) is 0 Å². The molecule has 0 saturated heterocycles. The van der Waals surface area contributed by atoms with Crippen LogP contribution in [0.15, 0.2) is 5.16 Å². The first kappa shape index (κ1) is 16.1. The predicted molar refractivity (Wildman–Crippen MR) is 67.1 cm³/mol. The number of hydrogen-bond acceptors (Lipinski definition) is 3. The van der Waals surface area contributed by atoms with E-state index in [-0.39, 0.29) is 18.7 Å². The molecule has 1 aliphatic rings. The summed E-state index contributed by atoms with van der Waals surface area (Å²) in [6.45, 7) is 4.02. The molecule has 4 nitrogen and oxygen atoms in total. The van der Waals surface area contributed by atoms with Crippen molar-refractivity contribution in [3.05, 3.63) is 0 Å². The highest BCUT2D eigenvalue weighted by Crippen LogP contribution is 2.48. The molecule has 0 heterocycles. The van der Waals surface area contributed by atoms with Gasteiger partial charge < -0.3 is 16.3 Å². The van der Waals surface area contributed by atoms with Crippen molar-refractivity contribution in [2.24, 2.45) is 16.3 Å². The number of unbranched alkanes of at least 4 members (excludes halogenated alkanes) is 1. The second-order valence-electron chi connectivity index (χ2n) is 5.83. The minimum atomic E-state index is -4.15. The van der Waals surface area contributed by atoms with Gasteiger partial charge in [-0.1, -0.05) is 25.4 Å². The van der Waals surface area contributed by atoms with Gasteiger partial charge in [0.05, 0.1) is 0 Å². The summed E-state index contributed by atoms with van der Waals surface area (Å²) in [4.78, 5) is 0. The zero-order valence-corrected chi connectivity index (χ0v) is 11.3. The SMILES string of the molecule is CC(C)(CCCCNC1(C(F)(F)F)CC1)C(N)=NO. The van der Waals surface area contributed by atoms with E-state index in [1.54, 1.807) is 0 Å². The van der Waals surface area contributed by atoms with E-state index >= 15 is 0 Å². The molecule has 0 unspecified atom stereocenters. The zero-order valence-electron chi connectivity index (χ0n) is 11.3. The summed E-state index contributed by atoms with van der Waals surface area (Å²) in [6, 6.07) is 0. The van der Waals surface area contributed by atoms with Gasteiger partial charge in [-0.15, -0.1) is 0 Å². The maximum absolute atomic E-state index is 12.6. The molecule has 4 N–H and O–H groups in total. The number of oxime groups is 1. The van der Waals surface area contributed by atoms with Crippen LogP contribution < -0.4 is 11.1 Å². The van der Waals surface area contributed by atoms with Crippen LogP contribution in [0.2, 0.25) is 0 Å². The lowest BCUT2D eigenvalue weighted by molar-refractivity contribution is -0.165. The van der Waals surface area contributed by atoms with E-state index in [0.29, 0.717) is 19.4 Å². The fourth-order valence-electron chi connectivity index (χ4n) is 1.97. The van der Waals surface area contributed by atoms with Gasteiger partial charge in [-0.2, -0.15) is 13.2 Å². The number of alkyl halides is 3. The molecule has 0 aliphatic heterocycles. The minimum absolute atomic E-state index is 0.148. The molecule has 1 aliphatic carbocycles. The summed E-state index contributed by atoms with van der Waals surface area (Å²) in [6.07, 6.45) is -1.77. The number of rotatable bonds is 7. The van der Waals surface area contributed by atoms with Crippen molar-refractivity contribution in [1.82, 2.24) is 5.32 Å².